The normalized spacial score (nSPS) is 10.9. The summed E-state index contributed by atoms with van der Waals surface area (Å²) in [5.41, 5.74) is 10.4. The first-order chi connectivity index (χ1) is 9.11. The molecule has 0 aliphatic heterocycles. The Morgan fingerprint density at radius 2 is 2.21 bits per heavy atom. The quantitative estimate of drug-likeness (QED) is 0.857. The van der Waals surface area contributed by atoms with E-state index in [0.29, 0.717) is 11.6 Å². The van der Waals surface area contributed by atoms with Crippen molar-refractivity contribution in [2.75, 3.05) is 17.7 Å². The zero-order chi connectivity index (χ0) is 13.8. The summed E-state index contributed by atoms with van der Waals surface area (Å²) >= 11 is 3.69. The van der Waals surface area contributed by atoms with E-state index in [0.717, 1.165) is 24.3 Å². The smallest absolute Gasteiger partial charge is 0.225 e. The first kappa shape index (κ1) is 14.3. The number of aryl methyl sites for hydroxylation is 2. The van der Waals surface area contributed by atoms with Crippen molar-refractivity contribution in [1.82, 2.24) is 9.97 Å². The highest BCUT2D eigenvalue weighted by atomic mass is 32.2. The Labute approximate surface area is 122 Å². The molecule has 0 fully saturated rings. The van der Waals surface area contributed by atoms with Crippen LogP contribution in [0, 0.1) is 13.8 Å². The number of thioether (sulfide) groups is 1. The molecule has 2 N–H and O–H groups in total. The molecular formula is C13H19N4S2+. The second kappa shape index (κ2) is 6.34. The van der Waals surface area contributed by atoms with Crippen molar-refractivity contribution in [2.24, 2.45) is 0 Å². The van der Waals surface area contributed by atoms with Crippen LogP contribution >= 0.6 is 23.1 Å². The van der Waals surface area contributed by atoms with Gasteiger partial charge in [0, 0.05) is 13.1 Å². The van der Waals surface area contributed by atoms with Crippen LogP contribution in [0.25, 0.3) is 0 Å². The molecule has 0 atom stereocenters. The number of anilines is 1. The van der Waals surface area contributed by atoms with Crippen LogP contribution in [0.5, 0.6) is 0 Å². The number of nitrogens with two attached hydrogens (primary N) is 1. The third kappa shape index (κ3) is 3.45. The molecule has 0 bridgehead atoms. The molecule has 0 saturated carbocycles. The molecule has 2 aromatic heterocycles. The summed E-state index contributed by atoms with van der Waals surface area (Å²) < 4.78 is 2.23. The lowest BCUT2D eigenvalue weighted by Crippen LogP contribution is -2.35. The van der Waals surface area contributed by atoms with Crippen LogP contribution in [-0.4, -0.2) is 22.0 Å². The Bertz CT molecular complexity index is 566. The third-order valence-electron chi connectivity index (χ3n) is 3.05. The van der Waals surface area contributed by atoms with E-state index >= 15 is 0 Å². The molecule has 2 rings (SSSR count). The summed E-state index contributed by atoms with van der Waals surface area (Å²) in [5.74, 6) is 2.46. The number of aromatic nitrogens is 3. The standard InChI is InChI=1S/C13H19N4S2/c1-9-12(4-5-18-3)19-8-17(9)7-11-6-15-10(2)16-13(11)14/h6,8H,4-5,7H2,1-3H3,(H2,14,15,16)/q+1. The van der Waals surface area contributed by atoms with Gasteiger partial charge in [0.1, 0.15) is 11.6 Å². The molecule has 0 saturated heterocycles. The maximum absolute atomic E-state index is 5.94. The highest BCUT2D eigenvalue weighted by Crippen LogP contribution is 2.15. The average molecular weight is 295 g/mol. The predicted octanol–water partition coefficient (Wildman–Crippen LogP) is 1.98. The number of nitrogens with zero attached hydrogens (tertiary/aromatic N) is 3. The van der Waals surface area contributed by atoms with Gasteiger partial charge in [-0.3, -0.25) is 0 Å². The fourth-order valence-corrected chi connectivity index (χ4v) is 3.39. The minimum atomic E-state index is 0.580. The molecule has 2 aromatic rings. The van der Waals surface area contributed by atoms with Crippen molar-refractivity contribution < 1.29 is 4.57 Å². The SMILES string of the molecule is CSCCc1sc[n+](Cc2cnc(C)nc2N)c1C. The summed E-state index contributed by atoms with van der Waals surface area (Å²) in [4.78, 5) is 9.87. The minimum Gasteiger partial charge on any atom is -0.383 e. The van der Waals surface area contributed by atoms with Crippen molar-refractivity contribution >= 4 is 28.9 Å². The van der Waals surface area contributed by atoms with Crippen LogP contribution in [0.3, 0.4) is 0 Å². The molecule has 0 radical (unpaired) electrons. The summed E-state index contributed by atoms with van der Waals surface area (Å²) in [5, 5.41) is 0. The molecule has 2 heterocycles. The van der Waals surface area contributed by atoms with Crippen LogP contribution in [0.4, 0.5) is 5.82 Å². The van der Waals surface area contributed by atoms with E-state index in [-0.39, 0.29) is 0 Å². The summed E-state index contributed by atoms with van der Waals surface area (Å²) in [6.07, 6.45) is 5.09. The Morgan fingerprint density at radius 3 is 2.89 bits per heavy atom. The monoisotopic (exact) mass is 295 g/mol. The van der Waals surface area contributed by atoms with Gasteiger partial charge in [0.05, 0.1) is 10.4 Å². The molecule has 4 nitrogen and oxygen atoms in total. The Kier molecular flexibility index (Phi) is 4.76. The molecule has 0 aliphatic rings. The Morgan fingerprint density at radius 1 is 1.42 bits per heavy atom. The van der Waals surface area contributed by atoms with Gasteiger partial charge >= 0.3 is 0 Å². The molecular weight excluding hydrogens is 276 g/mol. The summed E-state index contributed by atoms with van der Waals surface area (Å²) in [7, 11) is 0. The third-order valence-corrected chi connectivity index (χ3v) is 4.81. The number of rotatable bonds is 5. The number of hydrogen-bond donors (Lipinski definition) is 1. The lowest BCUT2D eigenvalue weighted by Gasteiger charge is -2.02. The lowest BCUT2D eigenvalue weighted by atomic mass is 10.2. The van der Waals surface area contributed by atoms with Crippen LogP contribution < -0.4 is 10.3 Å². The van der Waals surface area contributed by atoms with Gasteiger partial charge in [-0.2, -0.15) is 16.3 Å². The van der Waals surface area contributed by atoms with Crippen LogP contribution in [0.1, 0.15) is 22.0 Å². The number of thiazole rings is 1. The topological polar surface area (TPSA) is 55.7 Å². The van der Waals surface area contributed by atoms with E-state index in [2.05, 4.69) is 33.2 Å². The van der Waals surface area contributed by atoms with Crippen LogP contribution in [-0.2, 0) is 13.0 Å². The van der Waals surface area contributed by atoms with E-state index in [1.165, 1.54) is 10.6 Å². The summed E-state index contributed by atoms with van der Waals surface area (Å²) in [6, 6.07) is 0. The second-order valence-electron chi connectivity index (χ2n) is 4.43. The second-order valence-corrected chi connectivity index (χ2v) is 6.36. The molecule has 0 aromatic carbocycles. The maximum atomic E-state index is 5.94. The molecule has 19 heavy (non-hydrogen) atoms. The van der Waals surface area contributed by atoms with Crippen molar-refractivity contribution in [3.63, 3.8) is 0 Å². The van der Waals surface area contributed by atoms with Gasteiger partial charge in [-0.1, -0.05) is 11.3 Å². The van der Waals surface area contributed by atoms with Gasteiger partial charge in [0.15, 0.2) is 12.2 Å². The molecule has 0 aliphatic carbocycles. The molecule has 0 spiro atoms. The Balaban J connectivity index is 2.17. The minimum absolute atomic E-state index is 0.580. The van der Waals surface area contributed by atoms with Crippen molar-refractivity contribution in [3.8, 4) is 0 Å². The molecule has 0 unspecified atom stereocenters. The van der Waals surface area contributed by atoms with E-state index in [9.17, 15) is 0 Å². The van der Waals surface area contributed by atoms with E-state index in [4.69, 9.17) is 5.73 Å². The van der Waals surface area contributed by atoms with Gasteiger partial charge in [-0.05, 0) is 25.4 Å². The van der Waals surface area contributed by atoms with Gasteiger partial charge in [-0.15, -0.1) is 0 Å². The van der Waals surface area contributed by atoms with Crippen molar-refractivity contribution in [1.29, 1.82) is 0 Å². The average Bonchev–Trinajstić information content (AvgIpc) is 2.72. The van der Waals surface area contributed by atoms with Crippen LogP contribution in [0.15, 0.2) is 11.7 Å². The maximum Gasteiger partial charge on any atom is 0.225 e. The van der Waals surface area contributed by atoms with Gasteiger partial charge in [0.2, 0.25) is 5.51 Å². The largest absolute Gasteiger partial charge is 0.383 e. The lowest BCUT2D eigenvalue weighted by molar-refractivity contribution is -0.689. The molecule has 6 heteroatoms. The zero-order valence-electron chi connectivity index (χ0n) is 11.5. The highest BCUT2D eigenvalue weighted by Gasteiger charge is 2.17. The van der Waals surface area contributed by atoms with E-state index in [1.807, 2.05) is 36.2 Å². The van der Waals surface area contributed by atoms with Gasteiger partial charge in [0.25, 0.3) is 0 Å². The van der Waals surface area contributed by atoms with Gasteiger partial charge < -0.3 is 5.73 Å². The van der Waals surface area contributed by atoms with E-state index in [1.54, 1.807) is 0 Å². The first-order valence-electron chi connectivity index (χ1n) is 6.15. The highest BCUT2D eigenvalue weighted by molar-refractivity contribution is 7.98. The fourth-order valence-electron chi connectivity index (χ4n) is 1.86. The van der Waals surface area contributed by atoms with Crippen LogP contribution in [0.2, 0.25) is 0 Å². The first-order valence-corrected chi connectivity index (χ1v) is 8.42. The molecule has 0 amide bonds. The zero-order valence-corrected chi connectivity index (χ0v) is 13.1. The fraction of sp³-hybridized carbons (Fsp3) is 0.462. The van der Waals surface area contributed by atoms with E-state index < -0.39 is 0 Å². The predicted molar refractivity (Wildman–Crippen MR) is 81.6 cm³/mol. The van der Waals surface area contributed by atoms with Gasteiger partial charge in [-0.25, -0.2) is 9.97 Å². The van der Waals surface area contributed by atoms with Crippen molar-refractivity contribution in [3.05, 3.63) is 33.7 Å². The number of hydrogen-bond acceptors (Lipinski definition) is 5. The number of nitrogen functional groups attached to an aromatic ring is 1. The molecule has 102 valence electrons. The van der Waals surface area contributed by atoms with Crippen molar-refractivity contribution in [2.45, 2.75) is 26.8 Å². The summed E-state index contributed by atoms with van der Waals surface area (Å²) in [6.45, 7) is 4.76. The Hall–Kier alpha value is -1.14.